The second-order valence-electron chi connectivity index (χ2n) is 4.59. The molecule has 3 aromatic rings. The highest BCUT2D eigenvalue weighted by Gasteiger charge is 2.06. The van der Waals surface area contributed by atoms with Gasteiger partial charge in [-0.3, -0.25) is 4.79 Å². The van der Waals surface area contributed by atoms with Gasteiger partial charge in [0.25, 0.3) is 5.91 Å². The molecule has 5 heteroatoms. The van der Waals surface area contributed by atoms with Gasteiger partial charge in [0.15, 0.2) is 0 Å². The fourth-order valence-corrected chi connectivity index (χ4v) is 2.43. The van der Waals surface area contributed by atoms with Gasteiger partial charge in [0.1, 0.15) is 6.33 Å². The van der Waals surface area contributed by atoms with Crippen LogP contribution in [-0.2, 0) is 6.54 Å². The summed E-state index contributed by atoms with van der Waals surface area (Å²) in [6, 6.07) is 13.4. The third-order valence-corrected chi connectivity index (χ3v) is 3.63. The van der Waals surface area contributed by atoms with Gasteiger partial charge in [-0.15, -0.1) is 0 Å². The van der Waals surface area contributed by atoms with E-state index in [9.17, 15) is 4.79 Å². The first-order valence-electron chi connectivity index (χ1n) is 6.45. The number of rotatable bonds is 3. The topological polar surface area (TPSA) is 54.9 Å². The predicted octanol–water partition coefficient (Wildman–Crippen LogP) is 3.32. The molecular weight excluding hydrogens is 330 g/mol. The quantitative estimate of drug-likeness (QED) is 0.794. The highest BCUT2D eigenvalue weighted by molar-refractivity contribution is 9.10. The van der Waals surface area contributed by atoms with Crippen LogP contribution in [0.5, 0.6) is 0 Å². The minimum atomic E-state index is -0.113. The van der Waals surface area contributed by atoms with E-state index in [1.54, 1.807) is 12.3 Å². The fourth-order valence-electron chi connectivity index (χ4n) is 2.05. The lowest BCUT2D eigenvalue weighted by atomic mass is 10.1. The van der Waals surface area contributed by atoms with Crippen molar-refractivity contribution < 1.29 is 4.79 Å². The zero-order valence-corrected chi connectivity index (χ0v) is 12.7. The van der Waals surface area contributed by atoms with Gasteiger partial charge in [0.05, 0.1) is 12.2 Å². The highest BCUT2D eigenvalue weighted by atomic mass is 79.9. The number of amides is 1. The van der Waals surface area contributed by atoms with Crippen LogP contribution < -0.4 is 5.32 Å². The number of nitrogens with one attached hydrogen (secondary N) is 1. The van der Waals surface area contributed by atoms with Gasteiger partial charge in [-0.1, -0.05) is 28.1 Å². The van der Waals surface area contributed by atoms with Gasteiger partial charge in [-0.25, -0.2) is 9.97 Å². The second-order valence-corrected chi connectivity index (χ2v) is 5.51. The summed E-state index contributed by atoms with van der Waals surface area (Å²) >= 11 is 3.44. The number of halogens is 1. The number of hydrogen-bond donors (Lipinski definition) is 1. The van der Waals surface area contributed by atoms with Gasteiger partial charge in [0.2, 0.25) is 0 Å². The molecule has 21 heavy (non-hydrogen) atoms. The van der Waals surface area contributed by atoms with E-state index < -0.39 is 0 Å². The van der Waals surface area contributed by atoms with E-state index in [0.717, 1.165) is 20.9 Å². The van der Waals surface area contributed by atoms with Crippen molar-refractivity contribution in [1.82, 2.24) is 15.3 Å². The van der Waals surface area contributed by atoms with E-state index >= 15 is 0 Å². The predicted molar refractivity (Wildman–Crippen MR) is 84.9 cm³/mol. The zero-order chi connectivity index (χ0) is 14.7. The number of carbonyl (C=O) groups excluding carboxylic acids is 1. The molecule has 0 saturated heterocycles. The maximum atomic E-state index is 12.2. The number of benzene rings is 2. The fraction of sp³-hybridized carbons (Fsp3) is 0.0625. The lowest BCUT2D eigenvalue weighted by Crippen LogP contribution is -2.23. The Labute approximate surface area is 130 Å². The Morgan fingerprint density at radius 2 is 1.90 bits per heavy atom. The van der Waals surface area contributed by atoms with Crippen LogP contribution in [0.2, 0.25) is 0 Å². The van der Waals surface area contributed by atoms with Crippen LogP contribution in [0.4, 0.5) is 0 Å². The summed E-state index contributed by atoms with van der Waals surface area (Å²) in [5.41, 5.74) is 1.42. The maximum Gasteiger partial charge on any atom is 0.251 e. The normalized spacial score (nSPS) is 10.5. The Morgan fingerprint density at radius 1 is 1.10 bits per heavy atom. The van der Waals surface area contributed by atoms with Crippen molar-refractivity contribution in [3.8, 4) is 0 Å². The average molecular weight is 342 g/mol. The van der Waals surface area contributed by atoms with Gasteiger partial charge >= 0.3 is 0 Å². The monoisotopic (exact) mass is 341 g/mol. The SMILES string of the molecule is O=C(NCc1ccncn1)c1ccc2cc(Br)ccc2c1. The number of aromatic nitrogens is 2. The van der Waals surface area contributed by atoms with Crippen LogP contribution in [0.15, 0.2) is 59.5 Å². The minimum Gasteiger partial charge on any atom is -0.346 e. The number of nitrogens with zero attached hydrogens (tertiary/aromatic N) is 2. The van der Waals surface area contributed by atoms with Gasteiger partial charge in [-0.2, -0.15) is 0 Å². The van der Waals surface area contributed by atoms with E-state index in [2.05, 4.69) is 31.2 Å². The van der Waals surface area contributed by atoms with E-state index in [4.69, 9.17) is 0 Å². The van der Waals surface area contributed by atoms with Crippen LogP contribution in [0, 0.1) is 0 Å². The first-order valence-corrected chi connectivity index (χ1v) is 7.24. The van der Waals surface area contributed by atoms with Crippen LogP contribution in [0.3, 0.4) is 0 Å². The maximum absolute atomic E-state index is 12.2. The Balaban J connectivity index is 1.77. The number of carbonyl (C=O) groups is 1. The highest BCUT2D eigenvalue weighted by Crippen LogP contribution is 2.20. The Bertz CT molecular complexity index is 790. The smallest absolute Gasteiger partial charge is 0.251 e. The molecule has 0 spiro atoms. The molecule has 4 nitrogen and oxygen atoms in total. The van der Waals surface area contributed by atoms with Crippen LogP contribution in [0.25, 0.3) is 10.8 Å². The summed E-state index contributed by atoms with van der Waals surface area (Å²) < 4.78 is 1.02. The first-order chi connectivity index (χ1) is 10.2. The van der Waals surface area contributed by atoms with Gasteiger partial charge in [-0.05, 0) is 41.1 Å². The first kappa shape index (κ1) is 13.7. The molecule has 1 heterocycles. The van der Waals surface area contributed by atoms with Crippen molar-refractivity contribution in [2.45, 2.75) is 6.54 Å². The molecule has 1 N–H and O–H groups in total. The van der Waals surface area contributed by atoms with Gasteiger partial charge in [0, 0.05) is 16.2 Å². The lowest BCUT2D eigenvalue weighted by molar-refractivity contribution is 0.0950. The van der Waals surface area contributed by atoms with E-state index in [0.29, 0.717) is 12.1 Å². The molecule has 1 aromatic heterocycles. The molecule has 0 atom stereocenters. The van der Waals surface area contributed by atoms with E-state index in [1.807, 2.05) is 36.4 Å². The Morgan fingerprint density at radius 3 is 2.71 bits per heavy atom. The molecule has 0 radical (unpaired) electrons. The molecule has 104 valence electrons. The van der Waals surface area contributed by atoms with Crippen molar-refractivity contribution >= 4 is 32.6 Å². The van der Waals surface area contributed by atoms with Crippen molar-refractivity contribution in [2.24, 2.45) is 0 Å². The number of fused-ring (bicyclic) bond motifs is 1. The molecule has 0 fully saturated rings. The molecule has 0 aliphatic heterocycles. The van der Waals surface area contributed by atoms with E-state index in [-0.39, 0.29) is 5.91 Å². The standard InChI is InChI=1S/C16H12BrN3O/c17-14-4-3-11-7-13(2-1-12(11)8-14)16(21)19-9-15-5-6-18-10-20-15/h1-8,10H,9H2,(H,19,21). The molecule has 0 bridgehead atoms. The summed E-state index contributed by atoms with van der Waals surface area (Å²) in [7, 11) is 0. The molecule has 2 aromatic carbocycles. The Hall–Kier alpha value is -2.27. The minimum absolute atomic E-state index is 0.113. The largest absolute Gasteiger partial charge is 0.346 e. The molecule has 0 unspecified atom stereocenters. The molecule has 0 aliphatic carbocycles. The zero-order valence-electron chi connectivity index (χ0n) is 11.1. The Kier molecular flexibility index (Phi) is 3.92. The van der Waals surface area contributed by atoms with Crippen molar-refractivity contribution in [3.05, 3.63) is 70.7 Å². The van der Waals surface area contributed by atoms with E-state index in [1.165, 1.54) is 6.33 Å². The number of hydrogen-bond acceptors (Lipinski definition) is 3. The summed E-state index contributed by atoms with van der Waals surface area (Å²) in [5.74, 6) is -0.113. The van der Waals surface area contributed by atoms with Crippen molar-refractivity contribution in [2.75, 3.05) is 0 Å². The molecule has 0 aliphatic rings. The summed E-state index contributed by atoms with van der Waals surface area (Å²) in [5, 5.41) is 4.98. The lowest BCUT2D eigenvalue weighted by Gasteiger charge is -2.06. The van der Waals surface area contributed by atoms with Crippen molar-refractivity contribution in [1.29, 1.82) is 0 Å². The summed E-state index contributed by atoms with van der Waals surface area (Å²) in [4.78, 5) is 20.1. The molecule has 1 amide bonds. The van der Waals surface area contributed by atoms with Crippen LogP contribution >= 0.6 is 15.9 Å². The second kappa shape index (κ2) is 6.01. The van der Waals surface area contributed by atoms with Crippen LogP contribution in [-0.4, -0.2) is 15.9 Å². The third kappa shape index (κ3) is 3.25. The van der Waals surface area contributed by atoms with Crippen LogP contribution in [0.1, 0.15) is 16.1 Å². The average Bonchev–Trinajstić information content (AvgIpc) is 2.53. The van der Waals surface area contributed by atoms with Crippen molar-refractivity contribution in [3.63, 3.8) is 0 Å². The summed E-state index contributed by atoms with van der Waals surface area (Å²) in [6.07, 6.45) is 3.12. The summed E-state index contributed by atoms with van der Waals surface area (Å²) in [6.45, 7) is 0.389. The molecular formula is C16H12BrN3O. The third-order valence-electron chi connectivity index (χ3n) is 3.14. The molecule has 0 saturated carbocycles. The van der Waals surface area contributed by atoms with Gasteiger partial charge < -0.3 is 5.32 Å². The molecule has 3 rings (SSSR count).